The van der Waals surface area contributed by atoms with Gasteiger partial charge in [0.15, 0.2) is 0 Å². The summed E-state index contributed by atoms with van der Waals surface area (Å²) in [6.07, 6.45) is 1.89. The summed E-state index contributed by atoms with van der Waals surface area (Å²) in [5.41, 5.74) is -1.01. The third-order valence-electron chi connectivity index (χ3n) is 2.25. The molecule has 5 heteroatoms. The van der Waals surface area contributed by atoms with Crippen LogP contribution in [0.3, 0.4) is 0 Å². The Labute approximate surface area is 135 Å². The van der Waals surface area contributed by atoms with Crippen LogP contribution < -0.4 is 3.71 Å². The van der Waals surface area contributed by atoms with E-state index in [0.717, 1.165) is 3.71 Å². The van der Waals surface area contributed by atoms with Crippen molar-refractivity contribution in [2.45, 2.75) is 79.1 Å². The molecule has 1 rings (SSSR count). The third kappa shape index (κ3) is 6.72. The average molecular weight is 404 g/mol. The zero-order valence-corrected chi connectivity index (χ0v) is 17.8. The van der Waals surface area contributed by atoms with E-state index in [9.17, 15) is 0 Å². The summed E-state index contributed by atoms with van der Waals surface area (Å²) in [7, 11) is 0. The predicted molar refractivity (Wildman–Crippen MR) is 88.7 cm³/mol. The Hall–Kier alpha value is -0.0413. The standard InChI is InChI=1S/C4H4N.3C4H9O.Sn/c1-2-4-5-3-1;3*1-4(2,3)5;/h1-3,5H;3*1-3H3;/q;3*-1;+3. The molecular weight excluding hydrogens is 373 g/mol. The molecule has 0 aliphatic heterocycles. The molecule has 0 saturated heterocycles. The first-order chi connectivity index (χ1) is 9.23. The number of aromatic amines is 1. The second kappa shape index (κ2) is 6.22. The normalized spacial score (nSPS) is 14.5. The number of H-pyrrole nitrogens is 1. The summed E-state index contributed by atoms with van der Waals surface area (Å²) >= 11 is -4.00. The van der Waals surface area contributed by atoms with E-state index in [1.807, 2.05) is 80.6 Å². The van der Waals surface area contributed by atoms with E-state index in [4.69, 9.17) is 9.22 Å². The van der Waals surface area contributed by atoms with Crippen molar-refractivity contribution in [3.05, 3.63) is 18.3 Å². The van der Waals surface area contributed by atoms with Gasteiger partial charge in [0.05, 0.1) is 0 Å². The molecule has 0 radical (unpaired) electrons. The predicted octanol–water partition coefficient (Wildman–Crippen LogP) is 3.61. The fourth-order valence-corrected chi connectivity index (χ4v) is 11.8. The second-order valence-electron chi connectivity index (χ2n) is 8.28. The van der Waals surface area contributed by atoms with Gasteiger partial charge < -0.3 is 0 Å². The van der Waals surface area contributed by atoms with Crippen LogP contribution in [0.25, 0.3) is 0 Å². The van der Waals surface area contributed by atoms with Crippen LogP contribution in [-0.4, -0.2) is 41.4 Å². The molecule has 0 bridgehead atoms. The molecule has 0 spiro atoms. The first kappa shape index (κ1) is 19.0. The molecule has 0 amide bonds. The van der Waals surface area contributed by atoms with Crippen LogP contribution in [0.15, 0.2) is 18.3 Å². The molecule has 0 aromatic carbocycles. The van der Waals surface area contributed by atoms with E-state index in [0.29, 0.717) is 0 Å². The van der Waals surface area contributed by atoms with Gasteiger partial charge in [-0.25, -0.2) is 0 Å². The number of aromatic nitrogens is 1. The molecule has 1 aromatic rings. The van der Waals surface area contributed by atoms with E-state index in [1.54, 1.807) is 0 Å². The van der Waals surface area contributed by atoms with Crippen LogP contribution in [-0.2, 0) is 9.22 Å². The van der Waals surface area contributed by atoms with Crippen LogP contribution in [0.1, 0.15) is 62.3 Å². The molecule has 0 unspecified atom stereocenters. The van der Waals surface area contributed by atoms with Gasteiger partial charge in [0.1, 0.15) is 0 Å². The van der Waals surface area contributed by atoms with E-state index in [2.05, 4.69) is 4.98 Å². The van der Waals surface area contributed by atoms with Crippen molar-refractivity contribution in [1.82, 2.24) is 4.98 Å². The second-order valence-corrected chi connectivity index (χ2v) is 14.7. The molecular formula is C16H31NO3Sn. The summed E-state index contributed by atoms with van der Waals surface area (Å²) < 4.78 is 20.3. The Morgan fingerprint density at radius 3 is 1.38 bits per heavy atom. The van der Waals surface area contributed by atoms with Crippen LogP contribution in [0.2, 0.25) is 0 Å². The molecule has 0 aliphatic carbocycles. The zero-order valence-electron chi connectivity index (χ0n) is 15.0. The van der Waals surface area contributed by atoms with Crippen LogP contribution >= 0.6 is 0 Å². The van der Waals surface area contributed by atoms with E-state index in [-0.39, 0.29) is 16.8 Å². The fourth-order valence-electron chi connectivity index (χ4n) is 1.96. The van der Waals surface area contributed by atoms with Crippen molar-refractivity contribution in [3.63, 3.8) is 0 Å². The van der Waals surface area contributed by atoms with Crippen LogP contribution in [0.4, 0.5) is 0 Å². The van der Waals surface area contributed by atoms with Crippen molar-refractivity contribution in [1.29, 1.82) is 0 Å². The van der Waals surface area contributed by atoms with E-state index >= 15 is 0 Å². The molecule has 4 nitrogen and oxygen atoms in total. The number of rotatable bonds is 4. The molecule has 1 N–H and O–H groups in total. The SMILES string of the molecule is CC(C)(C)[O][Sn]([O]C(C)(C)C)([O]C(C)(C)C)[c]1ccc[nH]1. The molecule has 1 heterocycles. The van der Waals surface area contributed by atoms with Crippen LogP contribution in [0, 0.1) is 0 Å². The van der Waals surface area contributed by atoms with Crippen molar-refractivity contribution in [2.24, 2.45) is 0 Å². The number of hydrogen-bond donors (Lipinski definition) is 1. The molecule has 21 heavy (non-hydrogen) atoms. The summed E-state index contributed by atoms with van der Waals surface area (Å²) in [5, 5.41) is 0. The Kier molecular flexibility index (Phi) is 5.63. The first-order valence-corrected chi connectivity index (χ1v) is 12.4. The summed E-state index contributed by atoms with van der Waals surface area (Å²) in [6, 6.07) is 3.98. The molecule has 0 saturated carbocycles. The van der Waals surface area contributed by atoms with E-state index < -0.39 is 19.6 Å². The average Bonchev–Trinajstić information content (AvgIpc) is 2.59. The van der Waals surface area contributed by atoms with Gasteiger partial charge in [0, 0.05) is 0 Å². The molecule has 0 fully saturated rings. The molecule has 0 aliphatic rings. The van der Waals surface area contributed by atoms with Gasteiger partial charge in [-0.05, 0) is 0 Å². The van der Waals surface area contributed by atoms with Crippen molar-refractivity contribution in [3.8, 4) is 0 Å². The zero-order chi connectivity index (χ0) is 16.5. The maximum atomic E-state index is 6.46. The Balaban J connectivity index is 3.33. The molecule has 1 aromatic heterocycles. The Morgan fingerprint density at radius 2 is 1.14 bits per heavy atom. The van der Waals surface area contributed by atoms with Gasteiger partial charge in [-0.2, -0.15) is 0 Å². The summed E-state index contributed by atoms with van der Waals surface area (Å²) in [4.78, 5) is 3.26. The first-order valence-electron chi connectivity index (χ1n) is 7.47. The monoisotopic (exact) mass is 405 g/mol. The van der Waals surface area contributed by atoms with Gasteiger partial charge in [-0.1, -0.05) is 0 Å². The quantitative estimate of drug-likeness (QED) is 0.781. The van der Waals surface area contributed by atoms with Gasteiger partial charge in [0.2, 0.25) is 0 Å². The fraction of sp³-hybridized carbons (Fsp3) is 0.750. The summed E-state index contributed by atoms with van der Waals surface area (Å²) in [6.45, 7) is 18.4. The van der Waals surface area contributed by atoms with Crippen molar-refractivity contribution >= 4 is 23.3 Å². The van der Waals surface area contributed by atoms with Gasteiger partial charge in [0.25, 0.3) is 0 Å². The topological polar surface area (TPSA) is 43.5 Å². The molecule has 0 atom stereocenters. The summed E-state index contributed by atoms with van der Waals surface area (Å²) in [5.74, 6) is 0. The minimum atomic E-state index is -4.00. The van der Waals surface area contributed by atoms with Crippen molar-refractivity contribution in [2.75, 3.05) is 0 Å². The number of hydrogen-bond acceptors (Lipinski definition) is 3. The van der Waals surface area contributed by atoms with Gasteiger partial charge >= 0.3 is 135 Å². The third-order valence-corrected chi connectivity index (χ3v) is 12.6. The number of nitrogens with one attached hydrogen (secondary N) is 1. The van der Waals surface area contributed by atoms with E-state index in [1.165, 1.54) is 0 Å². The molecule has 122 valence electrons. The van der Waals surface area contributed by atoms with Gasteiger partial charge in [-0.3, -0.25) is 0 Å². The Bertz CT molecular complexity index is 395. The Morgan fingerprint density at radius 1 is 0.762 bits per heavy atom. The van der Waals surface area contributed by atoms with Crippen molar-refractivity contribution < 1.29 is 9.22 Å². The minimum absolute atomic E-state index is 0.336. The van der Waals surface area contributed by atoms with Gasteiger partial charge in [-0.15, -0.1) is 0 Å². The van der Waals surface area contributed by atoms with Crippen LogP contribution in [0.5, 0.6) is 0 Å². The maximum absolute atomic E-state index is 6.46.